The molecule has 1 atom stereocenters. The minimum absolute atomic E-state index is 0.140. The summed E-state index contributed by atoms with van der Waals surface area (Å²) in [5.41, 5.74) is 0.140. The summed E-state index contributed by atoms with van der Waals surface area (Å²) in [5, 5.41) is 19.4. The van der Waals surface area contributed by atoms with E-state index in [9.17, 15) is 14.4 Å². The number of nitrogens with one attached hydrogen (secondary N) is 1. The van der Waals surface area contributed by atoms with E-state index in [2.05, 4.69) is 26.2 Å². The van der Waals surface area contributed by atoms with Gasteiger partial charge in [-0.15, -0.1) is 0 Å². The molecule has 1 amide bonds. The summed E-state index contributed by atoms with van der Waals surface area (Å²) in [7, 11) is 0. The second-order valence-electron chi connectivity index (χ2n) is 3.35. The molecule has 7 nitrogen and oxygen atoms in total. The van der Waals surface area contributed by atoms with Gasteiger partial charge in [-0.1, -0.05) is 0 Å². The molecule has 1 heterocycles. The SMILES string of the molecule is O=C(O)C[C@H](NC(=O)c1cncc(Br)c1)C(=O)O. The molecule has 0 aliphatic rings. The maximum atomic E-state index is 11.7. The number of aromatic nitrogens is 1. The van der Waals surface area contributed by atoms with Crippen LogP contribution in [0.5, 0.6) is 0 Å². The van der Waals surface area contributed by atoms with Crippen molar-refractivity contribution in [2.45, 2.75) is 12.5 Å². The van der Waals surface area contributed by atoms with E-state index in [1.54, 1.807) is 0 Å². The van der Waals surface area contributed by atoms with Gasteiger partial charge in [-0.3, -0.25) is 14.6 Å². The van der Waals surface area contributed by atoms with E-state index in [0.717, 1.165) is 0 Å². The summed E-state index contributed by atoms with van der Waals surface area (Å²) in [6.45, 7) is 0. The van der Waals surface area contributed by atoms with Gasteiger partial charge in [-0.2, -0.15) is 0 Å². The van der Waals surface area contributed by atoms with E-state index in [1.807, 2.05) is 0 Å². The zero-order chi connectivity index (χ0) is 13.7. The van der Waals surface area contributed by atoms with Gasteiger partial charge in [-0.25, -0.2) is 4.79 Å². The van der Waals surface area contributed by atoms with Gasteiger partial charge in [-0.05, 0) is 22.0 Å². The van der Waals surface area contributed by atoms with Gasteiger partial charge in [0.05, 0.1) is 12.0 Å². The summed E-state index contributed by atoms with van der Waals surface area (Å²) in [4.78, 5) is 36.6. The van der Waals surface area contributed by atoms with Gasteiger partial charge in [0, 0.05) is 16.9 Å². The van der Waals surface area contributed by atoms with Crippen molar-refractivity contribution in [3.05, 3.63) is 28.5 Å². The molecule has 0 spiro atoms. The predicted molar refractivity (Wildman–Crippen MR) is 63.1 cm³/mol. The Hall–Kier alpha value is -1.96. The molecule has 0 aliphatic heterocycles. The van der Waals surface area contributed by atoms with Crippen molar-refractivity contribution in [2.75, 3.05) is 0 Å². The van der Waals surface area contributed by atoms with Crippen molar-refractivity contribution in [1.82, 2.24) is 10.3 Å². The highest BCUT2D eigenvalue weighted by Crippen LogP contribution is 2.09. The highest BCUT2D eigenvalue weighted by molar-refractivity contribution is 9.10. The highest BCUT2D eigenvalue weighted by atomic mass is 79.9. The number of halogens is 1. The minimum atomic E-state index is -1.48. The van der Waals surface area contributed by atoms with Crippen LogP contribution in [-0.4, -0.2) is 39.1 Å². The molecule has 0 saturated carbocycles. The van der Waals surface area contributed by atoms with Crippen LogP contribution in [0.4, 0.5) is 0 Å². The summed E-state index contributed by atoms with van der Waals surface area (Å²) in [6, 6.07) is -0.0314. The Labute approximate surface area is 110 Å². The van der Waals surface area contributed by atoms with Crippen molar-refractivity contribution in [2.24, 2.45) is 0 Å². The summed E-state index contributed by atoms with van der Waals surface area (Å²) < 4.78 is 0.556. The maximum absolute atomic E-state index is 11.7. The third-order valence-corrected chi connectivity index (χ3v) is 2.38. The van der Waals surface area contributed by atoms with E-state index in [4.69, 9.17) is 10.2 Å². The number of hydrogen-bond donors (Lipinski definition) is 3. The van der Waals surface area contributed by atoms with Crippen molar-refractivity contribution < 1.29 is 24.6 Å². The smallest absolute Gasteiger partial charge is 0.326 e. The number of nitrogens with zero attached hydrogens (tertiary/aromatic N) is 1. The fourth-order valence-corrected chi connectivity index (χ4v) is 1.52. The van der Waals surface area contributed by atoms with Crippen molar-refractivity contribution in [3.8, 4) is 0 Å². The van der Waals surface area contributed by atoms with E-state index in [0.29, 0.717) is 4.47 Å². The van der Waals surface area contributed by atoms with Crippen molar-refractivity contribution in [3.63, 3.8) is 0 Å². The molecule has 1 rings (SSSR count). The van der Waals surface area contributed by atoms with E-state index in [1.165, 1.54) is 18.5 Å². The van der Waals surface area contributed by atoms with Crippen LogP contribution in [0.1, 0.15) is 16.8 Å². The zero-order valence-electron chi connectivity index (χ0n) is 8.96. The van der Waals surface area contributed by atoms with Gasteiger partial charge >= 0.3 is 11.9 Å². The average molecular weight is 317 g/mol. The van der Waals surface area contributed by atoms with Gasteiger partial charge in [0.25, 0.3) is 5.91 Å². The lowest BCUT2D eigenvalue weighted by molar-refractivity contribution is -0.145. The van der Waals surface area contributed by atoms with Crippen LogP contribution in [0.2, 0.25) is 0 Å². The summed E-state index contributed by atoms with van der Waals surface area (Å²) >= 11 is 3.11. The molecule has 1 aromatic heterocycles. The topological polar surface area (TPSA) is 117 Å². The molecule has 0 bridgehead atoms. The number of carbonyl (C=O) groups excluding carboxylic acids is 1. The van der Waals surface area contributed by atoms with Crippen LogP contribution in [-0.2, 0) is 9.59 Å². The fraction of sp³-hybridized carbons (Fsp3) is 0.200. The Bertz CT molecular complexity index is 491. The third kappa shape index (κ3) is 4.13. The van der Waals surface area contributed by atoms with E-state index >= 15 is 0 Å². The average Bonchev–Trinajstić information content (AvgIpc) is 2.27. The molecule has 0 aromatic carbocycles. The molecule has 0 fully saturated rings. The first-order valence-corrected chi connectivity index (χ1v) is 5.55. The third-order valence-electron chi connectivity index (χ3n) is 1.95. The lowest BCUT2D eigenvalue weighted by Gasteiger charge is -2.12. The van der Waals surface area contributed by atoms with Crippen LogP contribution in [0.15, 0.2) is 22.9 Å². The van der Waals surface area contributed by atoms with Crippen LogP contribution in [0.25, 0.3) is 0 Å². The van der Waals surface area contributed by atoms with Crippen molar-refractivity contribution in [1.29, 1.82) is 0 Å². The minimum Gasteiger partial charge on any atom is -0.481 e. The van der Waals surface area contributed by atoms with Crippen LogP contribution < -0.4 is 5.32 Å². The van der Waals surface area contributed by atoms with Gasteiger partial charge in [0.15, 0.2) is 0 Å². The van der Waals surface area contributed by atoms with E-state index in [-0.39, 0.29) is 5.56 Å². The number of hydrogen-bond acceptors (Lipinski definition) is 4. The number of pyridine rings is 1. The molecule has 0 aliphatic carbocycles. The van der Waals surface area contributed by atoms with E-state index < -0.39 is 30.3 Å². The molecule has 0 unspecified atom stereocenters. The zero-order valence-corrected chi connectivity index (χ0v) is 10.5. The Balaban J connectivity index is 2.78. The standard InChI is InChI=1S/C10H9BrN2O5/c11-6-1-5(3-12-4-6)9(16)13-7(10(17)18)2-8(14)15/h1,3-4,7H,2H2,(H,13,16)(H,14,15)(H,17,18)/t7-/m0/s1. The van der Waals surface area contributed by atoms with Crippen molar-refractivity contribution >= 4 is 33.8 Å². The number of rotatable bonds is 5. The Morgan fingerprint density at radius 2 is 2.00 bits per heavy atom. The molecule has 8 heteroatoms. The van der Waals surface area contributed by atoms with Crippen LogP contribution in [0.3, 0.4) is 0 Å². The summed E-state index contributed by atoms with van der Waals surface area (Å²) in [5.74, 6) is -3.42. The fourth-order valence-electron chi connectivity index (χ4n) is 1.15. The second kappa shape index (κ2) is 6.10. The number of carboxylic acids is 2. The lowest BCUT2D eigenvalue weighted by Crippen LogP contribution is -2.42. The Morgan fingerprint density at radius 3 is 2.50 bits per heavy atom. The Kier molecular flexibility index (Phi) is 4.78. The van der Waals surface area contributed by atoms with Gasteiger partial charge in [0.2, 0.25) is 0 Å². The number of aliphatic carboxylic acids is 2. The first-order valence-electron chi connectivity index (χ1n) is 4.76. The predicted octanol–water partition coefficient (Wildman–Crippen LogP) is 0.502. The monoisotopic (exact) mass is 316 g/mol. The molecule has 96 valence electrons. The first-order chi connectivity index (χ1) is 8.40. The number of amides is 1. The molecule has 18 heavy (non-hydrogen) atoms. The highest BCUT2D eigenvalue weighted by Gasteiger charge is 2.23. The van der Waals surface area contributed by atoms with Crippen LogP contribution >= 0.6 is 15.9 Å². The van der Waals surface area contributed by atoms with Crippen LogP contribution in [0, 0.1) is 0 Å². The largest absolute Gasteiger partial charge is 0.481 e. The first kappa shape index (κ1) is 14.1. The molecule has 0 radical (unpaired) electrons. The molecule has 0 saturated heterocycles. The van der Waals surface area contributed by atoms with Gasteiger partial charge < -0.3 is 15.5 Å². The second-order valence-corrected chi connectivity index (χ2v) is 4.27. The lowest BCUT2D eigenvalue weighted by atomic mass is 10.2. The maximum Gasteiger partial charge on any atom is 0.326 e. The Morgan fingerprint density at radius 1 is 1.33 bits per heavy atom. The molecular weight excluding hydrogens is 308 g/mol. The molecule has 1 aromatic rings. The molecule has 3 N–H and O–H groups in total. The van der Waals surface area contributed by atoms with Gasteiger partial charge in [0.1, 0.15) is 6.04 Å². The number of carbonyl (C=O) groups is 3. The normalized spacial score (nSPS) is 11.6. The summed E-state index contributed by atoms with van der Waals surface area (Å²) in [6.07, 6.45) is 2.02. The molecular formula is C10H9BrN2O5. The number of carboxylic acid groups (broad SMARTS) is 2. The quantitative estimate of drug-likeness (QED) is 0.728.